The third kappa shape index (κ3) is 4.85. The van der Waals surface area contributed by atoms with Gasteiger partial charge in [0.2, 0.25) is 0 Å². The van der Waals surface area contributed by atoms with E-state index in [2.05, 4.69) is 0 Å². The van der Waals surface area contributed by atoms with Gasteiger partial charge in [0.05, 0.1) is 0 Å². The van der Waals surface area contributed by atoms with Crippen LogP contribution < -0.4 is 56.5 Å². The van der Waals surface area contributed by atoms with Crippen LogP contribution in [-0.2, 0) is 4.79 Å². The van der Waals surface area contributed by atoms with E-state index in [0.29, 0.717) is 6.42 Å². The molecule has 0 aromatic heterocycles. The van der Waals surface area contributed by atoms with Crippen molar-refractivity contribution in [2.24, 2.45) is 5.41 Å². The molecule has 0 aliphatic carbocycles. The van der Waals surface area contributed by atoms with E-state index in [4.69, 9.17) is 0 Å². The summed E-state index contributed by atoms with van der Waals surface area (Å²) in [6.07, 6.45) is 1.58. The van der Waals surface area contributed by atoms with E-state index in [1.54, 1.807) is 13.8 Å². The molecule has 0 atom stereocenters. The van der Waals surface area contributed by atoms with Crippen LogP contribution in [0.25, 0.3) is 0 Å². The Labute approximate surface area is 105 Å². The number of carboxylic acid groups (broad SMARTS) is 1. The molecule has 0 N–H and O–H groups in total. The largest absolute Gasteiger partial charge is 1.00 e. The van der Waals surface area contributed by atoms with Crippen LogP contribution in [-0.4, -0.2) is 5.97 Å². The number of aliphatic carboxylic acids is 1. The molecule has 0 saturated heterocycles. The molecule has 0 unspecified atom stereocenters. The fraction of sp³-hybridized carbons (Fsp3) is 0.857. The Morgan fingerprint density at radius 1 is 1.50 bits per heavy atom. The smallest absolute Gasteiger partial charge is 0.550 e. The summed E-state index contributed by atoms with van der Waals surface area (Å²) in [6, 6.07) is 0. The molecule has 3 heteroatoms. The Morgan fingerprint density at radius 2 is 1.90 bits per heavy atom. The molecule has 0 amide bonds. The van der Waals surface area contributed by atoms with Gasteiger partial charge < -0.3 is 9.90 Å². The number of rotatable bonds is 3. The summed E-state index contributed by atoms with van der Waals surface area (Å²) in [5, 5.41) is 10.3. The molecule has 0 aromatic rings. The maximum Gasteiger partial charge on any atom is 1.00 e. The van der Waals surface area contributed by atoms with E-state index in [0.717, 1.165) is 6.42 Å². The van der Waals surface area contributed by atoms with E-state index in [1.807, 2.05) is 6.92 Å². The van der Waals surface area contributed by atoms with Crippen molar-refractivity contribution in [3.05, 3.63) is 0 Å². The Balaban J connectivity index is 0. The standard InChI is InChI=1S/C7H14O2.K/c1-4-5-7(2,3)6(8)9;/h4-5H2,1-3H3,(H,8,9);/q;+1/p-1. The van der Waals surface area contributed by atoms with E-state index in [9.17, 15) is 9.90 Å². The molecular formula is C7H13KO2. The zero-order chi connectivity index (χ0) is 7.49. The molecule has 0 fully saturated rings. The molecule has 0 aliphatic heterocycles. The minimum atomic E-state index is -0.954. The van der Waals surface area contributed by atoms with Gasteiger partial charge in [-0.25, -0.2) is 0 Å². The van der Waals surface area contributed by atoms with Crippen LogP contribution in [0.1, 0.15) is 33.6 Å². The molecule has 10 heavy (non-hydrogen) atoms. The Kier molecular flexibility index (Phi) is 7.82. The van der Waals surface area contributed by atoms with Crippen LogP contribution >= 0.6 is 0 Å². The third-order valence-corrected chi connectivity index (χ3v) is 1.43. The van der Waals surface area contributed by atoms with Crippen LogP contribution in [0.3, 0.4) is 0 Å². The molecule has 0 aliphatic rings. The van der Waals surface area contributed by atoms with Crippen molar-refractivity contribution in [2.45, 2.75) is 33.6 Å². The van der Waals surface area contributed by atoms with Gasteiger partial charge in [0.1, 0.15) is 0 Å². The first-order chi connectivity index (χ1) is 4.00. The van der Waals surface area contributed by atoms with Gasteiger partial charge in [0.25, 0.3) is 0 Å². The van der Waals surface area contributed by atoms with Crippen molar-refractivity contribution in [3.63, 3.8) is 0 Å². The summed E-state index contributed by atoms with van der Waals surface area (Å²) < 4.78 is 0. The molecular weight excluding hydrogens is 155 g/mol. The molecule has 0 spiro atoms. The van der Waals surface area contributed by atoms with Gasteiger partial charge >= 0.3 is 51.4 Å². The summed E-state index contributed by atoms with van der Waals surface area (Å²) in [7, 11) is 0. The van der Waals surface area contributed by atoms with Crippen LogP contribution in [0.4, 0.5) is 0 Å². The van der Waals surface area contributed by atoms with E-state index in [1.165, 1.54) is 0 Å². The van der Waals surface area contributed by atoms with Gasteiger partial charge in [-0.15, -0.1) is 0 Å². The number of carbonyl (C=O) groups is 1. The number of hydrogen-bond acceptors (Lipinski definition) is 2. The molecule has 2 nitrogen and oxygen atoms in total. The quantitative estimate of drug-likeness (QED) is 0.440. The minimum absolute atomic E-state index is 0. The van der Waals surface area contributed by atoms with E-state index >= 15 is 0 Å². The fourth-order valence-electron chi connectivity index (χ4n) is 0.727. The molecule has 0 aromatic carbocycles. The molecule has 0 heterocycles. The summed E-state index contributed by atoms with van der Waals surface area (Å²) >= 11 is 0. The molecule has 0 rings (SSSR count). The first-order valence-electron chi connectivity index (χ1n) is 3.22. The topological polar surface area (TPSA) is 40.1 Å². The maximum absolute atomic E-state index is 10.3. The van der Waals surface area contributed by atoms with Gasteiger partial charge in [-0.1, -0.05) is 27.2 Å². The third-order valence-electron chi connectivity index (χ3n) is 1.43. The zero-order valence-corrected chi connectivity index (χ0v) is 10.4. The van der Waals surface area contributed by atoms with Crippen LogP contribution in [0, 0.1) is 5.41 Å². The van der Waals surface area contributed by atoms with Gasteiger partial charge in [0, 0.05) is 11.4 Å². The zero-order valence-electron chi connectivity index (χ0n) is 7.23. The summed E-state index contributed by atoms with van der Waals surface area (Å²) in [5.41, 5.74) is -0.644. The van der Waals surface area contributed by atoms with Gasteiger partial charge in [-0.05, 0) is 6.42 Å². The molecule has 54 valence electrons. The van der Waals surface area contributed by atoms with Crippen molar-refractivity contribution in [2.75, 3.05) is 0 Å². The fourth-order valence-corrected chi connectivity index (χ4v) is 0.727. The molecule has 0 radical (unpaired) electrons. The summed E-state index contributed by atoms with van der Waals surface area (Å²) in [6.45, 7) is 5.34. The van der Waals surface area contributed by atoms with Crippen molar-refractivity contribution in [1.29, 1.82) is 0 Å². The summed E-state index contributed by atoms with van der Waals surface area (Å²) in [5.74, 6) is -0.954. The number of carboxylic acids is 1. The SMILES string of the molecule is CCCC(C)(C)C(=O)[O-].[K+]. The second-order valence-electron chi connectivity index (χ2n) is 2.92. The van der Waals surface area contributed by atoms with Crippen molar-refractivity contribution in [1.82, 2.24) is 0 Å². The Bertz CT molecular complexity index is 110. The molecule has 0 saturated carbocycles. The monoisotopic (exact) mass is 168 g/mol. The second-order valence-corrected chi connectivity index (χ2v) is 2.92. The average Bonchev–Trinajstić information content (AvgIpc) is 1.65. The minimum Gasteiger partial charge on any atom is -0.550 e. The first-order valence-corrected chi connectivity index (χ1v) is 3.22. The Hall–Kier alpha value is 1.11. The van der Waals surface area contributed by atoms with E-state index in [-0.39, 0.29) is 51.4 Å². The second kappa shape index (κ2) is 5.72. The van der Waals surface area contributed by atoms with Crippen molar-refractivity contribution in [3.8, 4) is 0 Å². The van der Waals surface area contributed by atoms with Gasteiger partial charge in [-0.3, -0.25) is 0 Å². The predicted octanol–water partition coefficient (Wildman–Crippen LogP) is -2.43. The number of carbonyl (C=O) groups excluding carboxylic acids is 1. The maximum atomic E-state index is 10.3. The number of hydrogen-bond donors (Lipinski definition) is 0. The van der Waals surface area contributed by atoms with Crippen molar-refractivity contribution < 1.29 is 61.3 Å². The van der Waals surface area contributed by atoms with Gasteiger partial charge in [-0.2, -0.15) is 0 Å². The first kappa shape index (κ1) is 13.7. The normalized spacial score (nSPS) is 10.3. The van der Waals surface area contributed by atoms with E-state index < -0.39 is 11.4 Å². The summed E-state index contributed by atoms with van der Waals surface area (Å²) in [4.78, 5) is 10.3. The van der Waals surface area contributed by atoms with Crippen LogP contribution in [0.5, 0.6) is 0 Å². The van der Waals surface area contributed by atoms with Crippen LogP contribution in [0.2, 0.25) is 0 Å². The van der Waals surface area contributed by atoms with Gasteiger partial charge in [0.15, 0.2) is 0 Å². The van der Waals surface area contributed by atoms with Crippen LogP contribution in [0.15, 0.2) is 0 Å². The predicted molar refractivity (Wildman–Crippen MR) is 33.7 cm³/mol. The van der Waals surface area contributed by atoms with Crippen molar-refractivity contribution >= 4 is 5.97 Å². The average molecular weight is 168 g/mol. The Morgan fingerprint density at radius 3 is 2.00 bits per heavy atom. The molecule has 0 bridgehead atoms.